The monoisotopic (exact) mass is 440 g/mol. The normalized spacial score (nSPS) is 13.4. The molecule has 0 aliphatic carbocycles. The molecule has 0 spiro atoms. The van der Waals surface area contributed by atoms with Gasteiger partial charge in [0.2, 0.25) is 0 Å². The summed E-state index contributed by atoms with van der Waals surface area (Å²) in [5, 5.41) is 6.82. The van der Waals surface area contributed by atoms with Crippen LogP contribution in [-0.4, -0.2) is 46.6 Å². The molecule has 0 saturated carbocycles. The lowest BCUT2D eigenvalue weighted by Gasteiger charge is -2.28. The third kappa shape index (κ3) is 5.24. The minimum Gasteiger partial charge on any atom is -0.354 e. The van der Waals surface area contributed by atoms with Crippen LogP contribution in [-0.2, 0) is 7.05 Å². The van der Waals surface area contributed by atoms with E-state index in [1.807, 2.05) is 44.5 Å². The third-order valence-electron chi connectivity index (χ3n) is 5.14. The summed E-state index contributed by atoms with van der Waals surface area (Å²) in [6.45, 7) is 9.70. The number of aromatic nitrogens is 3. The fourth-order valence-corrected chi connectivity index (χ4v) is 3.53. The highest BCUT2D eigenvalue weighted by Gasteiger charge is 2.15. The number of benzene rings is 1. The zero-order chi connectivity index (χ0) is 22.4. The number of anilines is 2. The first-order chi connectivity index (χ1) is 15.0. The summed E-state index contributed by atoms with van der Waals surface area (Å²) in [6.07, 6.45) is 3.41. The van der Waals surface area contributed by atoms with Crippen LogP contribution in [0.5, 0.6) is 0 Å². The third-order valence-corrected chi connectivity index (χ3v) is 5.47. The predicted molar refractivity (Wildman–Crippen MR) is 127 cm³/mol. The van der Waals surface area contributed by atoms with E-state index in [0.29, 0.717) is 16.3 Å². The van der Waals surface area contributed by atoms with Gasteiger partial charge in [-0.1, -0.05) is 25.4 Å². The summed E-state index contributed by atoms with van der Waals surface area (Å²) >= 11 is 6.37. The van der Waals surface area contributed by atoms with Crippen LogP contribution < -0.4 is 15.5 Å². The van der Waals surface area contributed by atoms with Gasteiger partial charge in [-0.15, -0.1) is 0 Å². The second-order valence-electron chi connectivity index (χ2n) is 7.07. The first-order valence-corrected chi connectivity index (χ1v) is 10.9. The van der Waals surface area contributed by atoms with Crippen molar-refractivity contribution in [2.75, 3.05) is 36.4 Å². The smallest absolute Gasteiger partial charge is 0.257 e. The Morgan fingerprint density at radius 1 is 1.10 bits per heavy atom. The minimum atomic E-state index is -0.214. The topological polar surface area (TPSA) is 75.1 Å². The van der Waals surface area contributed by atoms with E-state index in [-0.39, 0.29) is 5.91 Å². The Morgan fingerprint density at radius 2 is 1.84 bits per heavy atom. The van der Waals surface area contributed by atoms with Gasteiger partial charge in [-0.3, -0.25) is 4.79 Å². The maximum atomic E-state index is 12.7. The molecule has 164 valence electrons. The van der Waals surface area contributed by atoms with Crippen molar-refractivity contribution in [3.8, 4) is 11.4 Å². The van der Waals surface area contributed by atoms with Crippen LogP contribution in [0.2, 0.25) is 5.02 Å². The summed E-state index contributed by atoms with van der Waals surface area (Å²) in [4.78, 5) is 23.8. The van der Waals surface area contributed by atoms with E-state index in [9.17, 15) is 4.79 Å². The van der Waals surface area contributed by atoms with Gasteiger partial charge >= 0.3 is 0 Å². The minimum absolute atomic E-state index is 0.214. The van der Waals surface area contributed by atoms with Gasteiger partial charge < -0.3 is 20.1 Å². The van der Waals surface area contributed by atoms with E-state index in [1.54, 1.807) is 30.6 Å². The fourth-order valence-electron chi connectivity index (χ4n) is 3.32. The van der Waals surface area contributed by atoms with Crippen molar-refractivity contribution in [3.05, 3.63) is 59.0 Å². The number of hydrogen-bond donors (Lipinski definition) is 2. The molecular weight excluding hydrogens is 412 g/mol. The lowest BCUT2D eigenvalue weighted by atomic mass is 10.1. The molecule has 8 heteroatoms. The molecule has 4 rings (SSSR count). The number of halogens is 1. The molecule has 0 radical (unpaired) electrons. The van der Waals surface area contributed by atoms with E-state index in [0.717, 1.165) is 49.1 Å². The Labute approximate surface area is 188 Å². The first-order valence-electron chi connectivity index (χ1n) is 10.5. The molecule has 0 atom stereocenters. The van der Waals surface area contributed by atoms with E-state index >= 15 is 0 Å². The number of imidazole rings is 1. The van der Waals surface area contributed by atoms with Gasteiger partial charge in [0.15, 0.2) is 0 Å². The summed E-state index contributed by atoms with van der Waals surface area (Å²) in [5.41, 5.74) is 2.96. The molecule has 3 heterocycles. The zero-order valence-electron chi connectivity index (χ0n) is 18.4. The largest absolute Gasteiger partial charge is 0.354 e. The van der Waals surface area contributed by atoms with E-state index in [2.05, 4.69) is 25.5 Å². The number of hydrogen-bond acceptors (Lipinski definition) is 5. The summed E-state index contributed by atoms with van der Waals surface area (Å²) in [5.74, 6) is 1.43. The molecule has 2 N–H and O–H groups in total. The van der Waals surface area contributed by atoms with E-state index in [1.165, 1.54) is 0 Å². The Balaban J connectivity index is 0.00000132. The maximum Gasteiger partial charge on any atom is 0.257 e. The molecule has 0 bridgehead atoms. The first kappa shape index (κ1) is 22.8. The number of nitrogens with one attached hydrogen (secondary N) is 2. The lowest BCUT2D eigenvalue weighted by Crippen LogP contribution is -2.43. The number of carbonyl (C=O) groups excluding carboxylic acids is 1. The van der Waals surface area contributed by atoms with Crippen molar-refractivity contribution in [1.29, 1.82) is 0 Å². The van der Waals surface area contributed by atoms with Gasteiger partial charge in [-0.25, -0.2) is 9.97 Å². The molecule has 0 unspecified atom stereocenters. The summed E-state index contributed by atoms with van der Waals surface area (Å²) in [7, 11) is 1.94. The maximum absolute atomic E-state index is 12.7. The highest BCUT2D eigenvalue weighted by molar-refractivity contribution is 6.33. The van der Waals surface area contributed by atoms with Crippen LogP contribution in [0.1, 0.15) is 29.9 Å². The Kier molecular flexibility index (Phi) is 7.65. The second-order valence-corrected chi connectivity index (χ2v) is 7.48. The molecule has 1 amide bonds. The van der Waals surface area contributed by atoms with Crippen LogP contribution in [0.3, 0.4) is 0 Å². The van der Waals surface area contributed by atoms with Crippen LogP contribution >= 0.6 is 11.6 Å². The molecule has 31 heavy (non-hydrogen) atoms. The van der Waals surface area contributed by atoms with Crippen LogP contribution in [0.4, 0.5) is 11.5 Å². The summed E-state index contributed by atoms with van der Waals surface area (Å²) < 4.78 is 1.96. The summed E-state index contributed by atoms with van der Waals surface area (Å²) in [6, 6.07) is 9.08. The van der Waals surface area contributed by atoms with Gasteiger partial charge in [-0.2, -0.15) is 0 Å². The van der Waals surface area contributed by atoms with E-state index in [4.69, 9.17) is 11.6 Å². The molecule has 1 fully saturated rings. The van der Waals surface area contributed by atoms with Gasteiger partial charge in [0.1, 0.15) is 11.6 Å². The number of piperazine rings is 1. The molecule has 1 aliphatic heterocycles. The lowest BCUT2D eigenvalue weighted by molar-refractivity contribution is 0.102. The Hall–Kier alpha value is -2.90. The standard InChI is InChI=1S/C21H23ClN6O.C2H6/c1-14-12-25-20(27(14)2)17-11-16(4-5-18(17)22)26-21(29)15-3-6-19(24-13-15)28-9-7-23-8-10-28;1-2/h3-6,11-13,23H,7-10H2,1-2H3,(H,26,29);1-2H3. The number of amides is 1. The van der Waals surface area contributed by atoms with Gasteiger partial charge in [0.25, 0.3) is 5.91 Å². The SMILES string of the molecule is CC.Cc1cnc(-c2cc(NC(=O)c3ccc(N4CCNCC4)nc3)ccc2Cl)n1C. The Bertz CT molecular complexity index is 1030. The van der Waals surface area contributed by atoms with Crippen molar-refractivity contribution in [3.63, 3.8) is 0 Å². The quantitative estimate of drug-likeness (QED) is 0.638. The van der Waals surface area contributed by atoms with Crippen molar-refractivity contribution in [1.82, 2.24) is 19.9 Å². The second kappa shape index (κ2) is 10.4. The highest BCUT2D eigenvalue weighted by atomic mass is 35.5. The molecule has 3 aromatic rings. The van der Waals surface area contributed by atoms with Crippen molar-refractivity contribution >= 4 is 29.0 Å². The van der Waals surface area contributed by atoms with E-state index < -0.39 is 0 Å². The Morgan fingerprint density at radius 3 is 2.45 bits per heavy atom. The van der Waals surface area contributed by atoms with Crippen molar-refractivity contribution in [2.24, 2.45) is 7.05 Å². The van der Waals surface area contributed by atoms with Crippen LogP contribution in [0.15, 0.2) is 42.7 Å². The highest BCUT2D eigenvalue weighted by Crippen LogP contribution is 2.30. The van der Waals surface area contributed by atoms with Crippen LogP contribution in [0, 0.1) is 6.92 Å². The molecule has 1 saturated heterocycles. The molecule has 7 nitrogen and oxygen atoms in total. The zero-order valence-corrected chi connectivity index (χ0v) is 19.2. The number of aryl methyl sites for hydroxylation is 1. The predicted octanol–water partition coefficient (Wildman–Crippen LogP) is 4.13. The number of pyridine rings is 1. The average Bonchev–Trinajstić information content (AvgIpc) is 3.15. The van der Waals surface area contributed by atoms with Gasteiger partial charge in [0, 0.05) is 62.6 Å². The molecular formula is C23H29ClN6O. The number of nitrogens with zero attached hydrogens (tertiary/aromatic N) is 4. The van der Waals surface area contributed by atoms with Gasteiger partial charge in [0.05, 0.1) is 10.6 Å². The van der Waals surface area contributed by atoms with Crippen LogP contribution in [0.25, 0.3) is 11.4 Å². The molecule has 2 aromatic heterocycles. The van der Waals surface area contributed by atoms with Crippen molar-refractivity contribution in [2.45, 2.75) is 20.8 Å². The van der Waals surface area contributed by atoms with Gasteiger partial charge in [-0.05, 0) is 37.3 Å². The molecule has 1 aromatic carbocycles. The van der Waals surface area contributed by atoms with Crippen molar-refractivity contribution < 1.29 is 4.79 Å². The average molecular weight is 441 g/mol. The molecule has 1 aliphatic rings. The number of carbonyl (C=O) groups is 1. The number of rotatable bonds is 4. The fraction of sp³-hybridized carbons (Fsp3) is 0.348.